The van der Waals surface area contributed by atoms with Crippen LogP contribution in [0.4, 0.5) is 0 Å². The van der Waals surface area contributed by atoms with Crippen LogP contribution in [0.5, 0.6) is 0 Å². The van der Waals surface area contributed by atoms with Crippen molar-refractivity contribution in [3.8, 4) is 0 Å². The molecule has 1 aliphatic rings. The lowest BCUT2D eigenvalue weighted by Gasteiger charge is -2.38. The van der Waals surface area contributed by atoms with E-state index in [9.17, 15) is 4.79 Å². The first-order chi connectivity index (χ1) is 13.2. The van der Waals surface area contributed by atoms with Gasteiger partial charge < -0.3 is 4.74 Å². The first-order valence-corrected chi connectivity index (χ1v) is 8.66. The highest BCUT2D eigenvalue weighted by Crippen LogP contribution is 2.48. The largest absolute Gasteiger partial charge is 0.468 e. The highest BCUT2D eigenvalue weighted by atomic mass is 16.5. The van der Waals surface area contributed by atoms with Crippen molar-refractivity contribution < 1.29 is 10.9 Å². The molecule has 0 aliphatic carbocycles. The molecule has 0 radical (unpaired) electrons. The summed E-state index contributed by atoms with van der Waals surface area (Å²) in [4.78, 5) is 14.3. The average molecular weight is 344 g/mol. The molecule has 3 atom stereocenters. The zero-order valence-electron chi connectivity index (χ0n) is 15.6. The third-order valence-corrected chi connectivity index (χ3v) is 4.92. The third kappa shape index (κ3) is 2.61. The molecule has 0 amide bonds. The van der Waals surface area contributed by atoms with Crippen LogP contribution < -0.4 is 0 Å². The zero-order valence-corrected chi connectivity index (χ0v) is 14.6. The molecular formula is C23H21NO2. The van der Waals surface area contributed by atoms with E-state index in [1.165, 1.54) is 7.11 Å². The molecule has 3 aromatic carbocycles. The Morgan fingerprint density at radius 3 is 1.62 bits per heavy atom. The van der Waals surface area contributed by atoms with Crippen LogP contribution in [0.3, 0.4) is 0 Å². The van der Waals surface area contributed by atoms with Crippen molar-refractivity contribution in [2.24, 2.45) is 0 Å². The van der Waals surface area contributed by atoms with E-state index >= 15 is 0 Å². The van der Waals surface area contributed by atoms with Gasteiger partial charge in [0, 0.05) is 7.89 Å². The maximum atomic E-state index is 12.4. The van der Waals surface area contributed by atoms with Gasteiger partial charge in [0.1, 0.15) is 6.04 Å². The summed E-state index contributed by atoms with van der Waals surface area (Å²) in [6.45, 7) is -0.668. The van der Waals surface area contributed by atoms with Crippen LogP contribution in [0, 0.1) is 0 Å². The Kier molecular flexibility index (Phi) is 4.00. The number of carbonyl (C=O) groups excluding carboxylic acids is 1. The topological polar surface area (TPSA) is 29.3 Å². The van der Waals surface area contributed by atoms with Crippen molar-refractivity contribution in [1.82, 2.24) is 4.90 Å². The summed E-state index contributed by atoms with van der Waals surface area (Å²) in [5.41, 5.74) is 2.32. The molecular weight excluding hydrogens is 322 g/mol. The summed E-state index contributed by atoms with van der Waals surface area (Å²) < 4.78 is 13.5. The monoisotopic (exact) mass is 344 g/mol. The quantitative estimate of drug-likeness (QED) is 0.400. The summed E-state index contributed by atoms with van der Waals surface area (Å²) in [5, 5.41) is 0. The van der Waals surface area contributed by atoms with E-state index in [0.29, 0.717) is 0 Å². The standard InChI is InChI=1S/C23H21NO2/c1-26-22(25)21-17-24(21)23(18-11-5-2-6-12-18,19-13-7-3-8-14-19)20-15-9-4-10-16-20/h2-16,21H,17H2,1H3/t21-,24?/m1/s1/i17D/t17-,21-,24?. The molecule has 130 valence electrons. The van der Waals surface area contributed by atoms with Gasteiger partial charge in [-0.15, -0.1) is 0 Å². The lowest BCUT2D eigenvalue weighted by atomic mass is 9.76. The lowest BCUT2D eigenvalue weighted by molar-refractivity contribution is -0.141. The number of carbonyl (C=O) groups is 1. The predicted molar refractivity (Wildman–Crippen MR) is 102 cm³/mol. The Morgan fingerprint density at radius 2 is 1.27 bits per heavy atom. The van der Waals surface area contributed by atoms with Crippen LogP contribution in [0.2, 0.25) is 0 Å². The predicted octanol–water partition coefficient (Wildman–Crippen LogP) is 3.84. The minimum atomic E-state index is -0.741. The first kappa shape index (κ1) is 15.4. The molecule has 1 heterocycles. The number of benzene rings is 3. The normalized spacial score (nSPS) is 22.3. The SMILES string of the molecule is [2H][C@@H]1[C@H](C(=O)OC)N1C(c1ccccc1)(c1ccccc1)c1ccccc1. The van der Waals surface area contributed by atoms with Crippen LogP contribution in [0.15, 0.2) is 91.0 Å². The second-order valence-electron chi connectivity index (χ2n) is 6.33. The van der Waals surface area contributed by atoms with Gasteiger partial charge in [-0.25, -0.2) is 0 Å². The van der Waals surface area contributed by atoms with Crippen molar-refractivity contribution in [3.63, 3.8) is 0 Å². The molecule has 1 fully saturated rings. The summed E-state index contributed by atoms with van der Waals surface area (Å²) in [6.07, 6.45) is 0. The van der Waals surface area contributed by atoms with E-state index in [-0.39, 0.29) is 5.97 Å². The van der Waals surface area contributed by atoms with E-state index in [2.05, 4.69) is 36.4 Å². The highest BCUT2D eigenvalue weighted by Gasteiger charge is 2.56. The van der Waals surface area contributed by atoms with Gasteiger partial charge in [0.25, 0.3) is 0 Å². The number of hydrogen-bond acceptors (Lipinski definition) is 3. The average Bonchev–Trinajstić information content (AvgIpc) is 3.41. The molecule has 26 heavy (non-hydrogen) atoms. The lowest BCUT2D eigenvalue weighted by Crippen LogP contribution is -2.40. The summed E-state index contributed by atoms with van der Waals surface area (Å²) in [6, 6.07) is 29.6. The summed E-state index contributed by atoms with van der Waals surface area (Å²) in [7, 11) is 1.38. The maximum Gasteiger partial charge on any atom is 0.324 e. The van der Waals surface area contributed by atoms with E-state index < -0.39 is 18.1 Å². The van der Waals surface area contributed by atoms with E-state index in [1.54, 1.807) is 0 Å². The molecule has 0 saturated carbocycles. The fourth-order valence-corrected chi connectivity index (χ4v) is 3.71. The molecule has 0 spiro atoms. The minimum absolute atomic E-state index is 0.373. The van der Waals surface area contributed by atoms with E-state index in [1.807, 2.05) is 59.5 Å². The van der Waals surface area contributed by atoms with Gasteiger partial charge in [-0.2, -0.15) is 0 Å². The van der Waals surface area contributed by atoms with Crippen LogP contribution in [-0.4, -0.2) is 30.5 Å². The van der Waals surface area contributed by atoms with E-state index in [0.717, 1.165) is 16.7 Å². The molecule has 1 saturated heterocycles. The fourth-order valence-electron chi connectivity index (χ4n) is 3.71. The van der Waals surface area contributed by atoms with Crippen LogP contribution >= 0.6 is 0 Å². The second-order valence-corrected chi connectivity index (χ2v) is 6.33. The Balaban J connectivity index is 2.01. The summed E-state index contributed by atoms with van der Waals surface area (Å²) >= 11 is 0. The van der Waals surface area contributed by atoms with Crippen molar-refractivity contribution in [2.45, 2.75) is 11.6 Å². The van der Waals surface area contributed by atoms with Gasteiger partial charge in [0.05, 0.1) is 12.6 Å². The number of methoxy groups -OCH3 is 1. The van der Waals surface area contributed by atoms with Gasteiger partial charge in [-0.05, 0) is 16.7 Å². The number of rotatable bonds is 5. The van der Waals surface area contributed by atoms with Gasteiger partial charge >= 0.3 is 5.97 Å². The molecule has 4 rings (SSSR count). The molecule has 3 heteroatoms. The van der Waals surface area contributed by atoms with Crippen LogP contribution in [0.25, 0.3) is 0 Å². The number of hydrogen-bond donors (Lipinski definition) is 0. The number of nitrogens with zero attached hydrogens (tertiary/aromatic N) is 1. The Bertz CT molecular complexity index is 818. The van der Waals surface area contributed by atoms with Gasteiger partial charge in [-0.3, -0.25) is 9.69 Å². The van der Waals surface area contributed by atoms with E-state index in [4.69, 9.17) is 6.11 Å². The minimum Gasteiger partial charge on any atom is -0.468 e. The zero-order chi connectivity index (χ0) is 18.9. The molecule has 3 aromatic rings. The molecule has 1 aliphatic heterocycles. The number of esters is 1. The van der Waals surface area contributed by atoms with Gasteiger partial charge in [0.15, 0.2) is 0 Å². The molecule has 3 nitrogen and oxygen atoms in total. The van der Waals surface area contributed by atoms with Crippen molar-refractivity contribution >= 4 is 5.97 Å². The Labute approximate surface area is 155 Å². The highest BCUT2D eigenvalue weighted by molar-refractivity contribution is 5.80. The van der Waals surface area contributed by atoms with Crippen molar-refractivity contribution in [1.29, 1.82) is 0 Å². The maximum absolute atomic E-state index is 12.4. The van der Waals surface area contributed by atoms with Crippen LogP contribution in [0.1, 0.15) is 18.1 Å². The third-order valence-electron chi connectivity index (χ3n) is 4.92. The summed E-state index contributed by atoms with van der Waals surface area (Å²) in [5.74, 6) is -0.373. The second kappa shape index (κ2) is 6.77. The van der Waals surface area contributed by atoms with Crippen molar-refractivity contribution in [3.05, 3.63) is 108 Å². The first-order valence-electron chi connectivity index (χ1n) is 9.24. The van der Waals surface area contributed by atoms with Crippen molar-refractivity contribution in [2.75, 3.05) is 13.6 Å². The number of ether oxygens (including phenoxy) is 1. The molecule has 1 unspecified atom stereocenters. The smallest absolute Gasteiger partial charge is 0.324 e. The molecule has 0 aromatic heterocycles. The van der Waals surface area contributed by atoms with Gasteiger partial charge in [0.2, 0.25) is 0 Å². The molecule has 0 bridgehead atoms. The fraction of sp³-hybridized carbons (Fsp3) is 0.174. The van der Waals surface area contributed by atoms with Gasteiger partial charge in [-0.1, -0.05) is 91.0 Å². The van der Waals surface area contributed by atoms with Crippen LogP contribution in [-0.2, 0) is 15.1 Å². The Hall–Kier alpha value is -2.91. The Morgan fingerprint density at radius 1 is 0.885 bits per heavy atom. The molecule has 0 N–H and O–H groups in total.